The second-order valence-corrected chi connectivity index (χ2v) is 11.4. The molecule has 6 rings (SSSR count). The lowest BCUT2D eigenvalue weighted by Crippen LogP contribution is -2.44. The molecule has 226 valence electrons. The van der Waals surface area contributed by atoms with Crippen molar-refractivity contribution >= 4 is 22.5 Å². The van der Waals surface area contributed by atoms with Crippen LogP contribution in [0, 0.1) is 0 Å². The third-order valence-corrected chi connectivity index (χ3v) is 8.76. The fourth-order valence-electron chi connectivity index (χ4n) is 6.50. The summed E-state index contributed by atoms with van der Waals surface area (Å²) in [6.07, 6.45) is 7.74. The molecule has 0 saturated carbocycles. The Bertz CT molecular complexity index is 1320. The van der Waals surface area contributed by atoms with E-state index in [1.165, 1.54) is 12.8 Å². The molecule has 5 heterocycles. The van der Waals surface area contributed by atoms with Gasteiger partial charge in [0.1, 0.15) is 11.4 Å². The minimum absolute atomic E-state index is 0.0844. The lowest BCUT2D eigenvalue weighted by atomic mass is 10.1. The average Bonchev–Trinajstić information content (AvgIpc) is 3.68. The number of fused-ring (bicyclic) bond motifs is 1. The number of anilines is 1. The van der Waals surface area contributed by atoms with E-state index in [1.54, 1.807) is 7.11 Å². The van der Waals surface area contributed by atoms with Crippen molar-refractivity contribution in [2.45, 2.75) is 31.7 Å². The maximum Gasteiger partial charge on any atom is 0.222 e. The fourth-order valence-corrected chi connectivity index (χ4v) is 6.50. The highest BCUT2D eigenvalue weighted by Crippen LogP contribution is 2.36. The van der Waals surface area contributed by atoms with Gasteiger partial charge in [-0.1, -0.05) is 6.07 Å². The number of benzene rings is 1. The zero-order valence-corrected chi connectivity index (χ0v) is 24.8. The van der Waals surface area contributed by atoms with Crippen LogP contribution in [-0.2, 0) is 9.53 Å². The third kappa shape index (κ3) is 6.63. The average molecular weight is 577 g/mol. The number of likely N-dealkylation sites (tertiary alicyclic amines) is 1. The quantitative estimate of drug-likeness (QED) is 0.390. The lowest BCUT2D eigenvalue weighted by Gasteiger charge is -2.31. The summed E-state index contributed by atoms with van der Waals surface area (Å²) in [5.74, 6) is 0.925. The molecule has 3 aromatic rings. The summed E-state index contributed by atoms with van der Waals surface area (Å²) in [6, 6.07) is 10.1. The van der Waals surface area contributed by atoms with E-state index >= 15 is 0 Å². The topological polar surface area (TPSA) is 91.2 Å². The highest BCUT2D eigenvalue weighted by Gasteiger charge is 2.29. The molecule has 11 nitrogen and oxygen atoms in total. The number of nitrogens with zero attached hydrogens (tertiary/aromatic N) is 7. The van der Waals surface area contributed by atoms with Gasteiger partial charge in [0.2, 0.25) is 5.91 Å². The number of carbonyl (C=O) groups is 1. The number of ether oxygens (including phenoxy) is 2. The van der Waals surface area contributed by atoms with Crippen LogP contribution in [0.15, 0.2) is 42.7 Å². The van der Waals surface area contributed by atoms with E-state index in [0.717, 1.165) is 93.4 Å². The van der Waals surface area contributed by atoms with Crippen LogP contribution >= 0.6 is 0 Å². The molecular weight excluding hydrogens is 532 g/mol. The molecule has 3 aliphatic rings. The molecule has 1 amide bonds. The SMILES string of the molecule is COc1ccc2cccnc2c1N1CCCN(C(CC(=O)NCCN2CCCC2)c2ccn(N3CCOCC3)n2)CC1. The van der Waals surface area contributed by atoms with Crippen molar-refractivity contribution in [3.05, 3.63) is 48.4 Å². The van der Waals surface area contributed by atoms with Crippen LogP contribution < -0.4 is 20.0 Å². The number of pyridine rings is 1. The van der Waals surface area contributed by atoms with E-state index in [2.05, 4.69) is 43.2 Å². The van der Waals surface area contributed by atoms with Crippen molar-refractivity contribution in [3.63, 3.8) is 0 Å². The second-order valence-electron chi connectivity index (χ2n) is 11.4. The normalized spacial score (nSPS) is 19.6. The van der Waals surface area contributed by atoms with Crippen LogP contribution in [0.3, 0.4) is 0 Å². The van der Waals surface area contributed by atoms with Crippen molar-refractivity contribution in [2.75, 3.05) is 95.7 Å². The number of amides is 1. The number of rotatable bonds is 10. The van der Waals surface area contributed by atoms with E-state index in [0.29, 0.717) is 26.2 Å². The van der Waals surface area contributed by atoms with Gasteiger partial charge in [0.25, 0.3) is 0 Å². The number of carbonyl (C=O) groups excluding carboxylic acids is 1. The highest BCUT2D eigenvalue weighted by molar-refractivity contribution is 5.94. The smallest absolute Gasteiger partial charge is 0.222 e. The molecule has 3 fully saturated rings. The molecule has 42 heavy (non-hydrogen) atoms. The summed E-state index contributed by atoms with van der Waals surface area (Å²) in [5, 5.41) is 11.5. The Balaban J connectivity index is 1.19. The van der Waals surface area contributed by atoms with Gasteiger partial charge in [-0.15, -0.1) is 0 Å². The van der Waals surface area contributed by atoms with Gasteiger partial charge in [0.15, 0.2) is 0 Å². The molecule has 2 aromatic heterocycles. The maximum atomic E-state index is 13.3. The number of aromatic nitrogens is 3. The molecule has 1 atom stereocenters. The number of morpholine rings is 1. The predicted octanol–water partition coefficient (Wildman–Crippen LogP) is 2.26. The van der Waals surface area contributed by atoms with Crippen LogP contribution in [0.25, 0.3) is 10.9 Å². The Morgan fingerprint density at radius 3 is 2.69 bits per heavy atom. The Labute approximate surface area is 248 Å². The van der Waals surface area contributed by atoms with Crippen molar-refractivity contribution in [1.29, 1.82) is 0 Å². The summed E-state index contributed by atoms with van der Waals surface area (Å²) in [4.78, 5) is 27.2. The first-order valence-corrected chi connectivity index (χ1v) is 15.5. The number of nitrogens with one attached hydrogen (secondary N) is 1. The van der Waals surface area contributed by atoms with Gasteiger partial charge in [0.05, 0.1) is 50.7 Å². The van der Waals surface area contributed by atoms with Gasteiger partial charge in [0, 0.05) is 63.5 Å². The Morgan fingerprint density at radius 1 is 1.00 bits per heavy atom. The second kappa shape index (κ2) is 13.7. The first-order chi connectivity index (χ1) is 20.7. The van der Waals surface area contributed by atoms with Gasteiger partial charge >= 0.3 is 0 Å². The monoisotopic (exact) mass is 576 g/mol. The molecule has 1 unspecified atom stereocenters. The summed E-state index contributed by atoms with van der Waals surface area (Å²) in [7, 11) is 1.72. The van der Waals surface area contributed by atoms with Gasteiger partial charge < -0.3 is 24.6 Å². The van der Waals surface area contributed by atoms with Crippen LogP contribution in [0.4, 0.5) is 5.69 Å². The molecule has 0 bridgehead atoms. The molecule has 11 heteroatoms. The van der Waals surface area contributed by atoms with Crippen molar-refractivity contribution < 1.29 is 14.3 Å². The molecule has 3 saturated heterocycles. The minimum Gasteiger partial charge on any atom is -0.494 e. The summed E-state index contributed by atoms with van der Waals surface area (Å²) in [6.45, 7) is 10.3. The molecule has 3 aliphatic heterocycles. The van der Waals surface area contributed by atoms with Crippen LogP contribution in [0.1, 0.15) is 37.4 Å². The summed E-state index contributed by atoms with van der Waals surface area (Å²) >= 11 is 0. The largest absolute Gasteiger partial charge is 0.494 e. The van der Waals surface area contributed by atoms with Crippen LogP contribution in [-0.4, -0.2) is 116 Å². The maximum absolute atomic E-state index is 13.3. The van der Waals surface area contributed by atoms with E-state index in [1.807, 2.05) is 29.3 Å². The Morgan fingerprint density at radius 2 is 1.86 bits per heavy atom. The minimum atomic E-state index is -0.105. The summed E-state index contributed by atoms with van der Waals surface area (Å²) < 4.78 is 11.3. The fraction of sp³-hybridized carbons (Fsp3) is 0.581. The van der Waals surface area contributed by atoms with Crippen molar-refractivity contribution in [2.24, 2.45) is 0 Å². The van der Waals surface area contributed by atoms with Crippen molar-refractivity contribution in [3.8, 4) is 5.75 Å². The molecule has 0 radical (unpaired) electrons. The number of hydrogen-bond donors (Lipinski definition) is 1. The van der Waals surface area contributed by atoms with E-state index in [-0.39, 0.29) is 11.9 Å². The van der Waals surface area contributed by atoms with Crippen molar-refractivity contribution in [1.82, 2.24) is 30.0 Å². The zero-order chi connectivity index (χ0) is 28.7. The summed E-state index contributed by atoms with van der Waals surface area (Å²) in [5.41, 5.74) is 2.95. The molecular formula is C31H44N8O3. The molecule has 1 aromatic carbocycles. The third-order valence-electron chi connectivity index (χ3n) is 8.76. The number of methoxy groups -OCH3 is 1. The van der Waals surface area contributed by atoms with E-state index in [9.17, 15) is 4.79 Å². The van der Waals surface area contributed by atoms with Crippen LogP contribution in [0.2, 0.25) is 0 Å². The lowest BCUT2D eigenvalue weighted by molar-refractivity contribution is -0.122. The highest BCUT2D eigenvalue weighted by atomic mass is 16.5. The predicted molar refractivity (Wildman–Crippen MR) is 164 cm³/mol. The molecule has 1 N–H and O–H groups in total. The standard InChI is InChI=1S/C31H44N8O3/c1-41-28-8-7-25-6-4-10-33-30(25)31(28)37-15-5-14-36(18-19-37)27(24-29(40)32-11-17-35-12-2-3-13-35)26-9-16-39(34-26)38-20-22-42-23-21-38/h4,6-10,16,27H,2-3,5,11-15,17-24H2,1H3,(H,32,40). The van der Waals surface area contributed by atoms with Gasteiger partial charge in [-0.05, 0) is 56.6 Å². The zero-order valence-electron chi connectivity index (χ0n) is 24.8. The van der Waals surface area contributed by atoms with Gasteiger partial charge in [-0.2, -0.15) is 9.89 Å². The van der Waals surface area contributed by atoms with E-state index < -0.39 is 0 Å². The first kappa shape index (κ1) is 28.7. The van der Waals surface area contributed by atoms with Crippen LogP contribution in [0.5, 0.6) is 5.75 Å². The number of hydrogen-bond acceptors (Lipinski definition) is 9. The van der Waals surface area contributed by atoms with E-state index in [4.69, 9.17) is 19.6 Å². The molecule has 0 aliphatic carbocycles. The Hall–Kier alpha value is -3.41. The van der Waals surface area contributed by atoms with Gasteiger partial charge in [-0.3, -0.25) is 19.7 Å². The Kier molecular flexibility index (Phi) is 9.37. The molecule has 0 spiro atoms. The first-order valence-electron chi connectivity index (χ1n) is 15.5. The van der Waals surface area contributed by atoms with Gasteiger partial charge in [-0.25, -0.2) is 0 Å².